The van der Waals surface area contributed by atoms with E-state index in [1.165, 1.54) is 0 Å². The Morgan fingerprint density at radius 2 is 2.20 bits per heavy atom. The molecule has 1 rings (SSSR count). The molecule has 1 saturated heterocycles. The first-order valence-electron chi connectivity index (χ1n) is 4.96. The Kier molecular flexibility index (Phi) is 4.97. The van der Waals surface area contributed by atoms with Crippen LogP contribution in [0, 0.1) is 0 Å². The van der Waals surface area contributed by atoms with Gasteiger partial charge in [-0.25, -0.2) is 4.79 Å². The third-order valence-electron chi connectivity index (χ3n) is 2.11. The predicted octanol–water partition coefficient (Wildman–Crippen LogP) is -0.448. The first kappa shape index (κ1) is 11.8. The zero-order valence-electron chi connectivity index (χ0n) is 8.81. The summed E-state index contributed by atoms with van der Waals surface area (Å²) in [7, 11) is 0. The van der Waals surface area contributed by atoms with Crippen LogP contribution < -0.4 is 0 Å². The summed E-state index contributed by atoms with van der Waals surface area (Å²) in [5.74, 6) is -0.563. The maximum atomic E-state index is 11.3. The van der Waals surface area contributed by atoms with Crippen LogP contribution in [-0.4, -0.2) is 60.8 Å². The van der Waals surface area contributed by atoms with Crippen molar-refractivity contribution in [2.24, 2.45) is 0 Å². The lowest BCUT2D eigenvalue weighted by Gasteiger charge is -2.24. The topological polar surface area (TPSA) is 75.2 Å². The van der Waals surface area contributed by atoms with Crippen LogP contribution in [0.15, 0.2) is 0 Å². The summed E-state index contributed by atoms with van der Waals surface area (Å²) >= 11 is 0. The van der Waals surface area contributed by atoms with Crippen molar-refractivity contribution in [1.29, 1.82) is 0 Å². The van der Waals surface area contributed by atoms with Crippen molar-refractivity contribution in [2.75, 3.05) is 39.5 Å². The first-order chi connectivity index (χ1) is 7.27. The molecule has 0 N–H and O–H groups in total. The summed E-state index contributed by atoms with van der Waals surface area (Å²) in [5, 5.41) is 0. The molecule has 0 saturated carbocycles. The Hall–Kier alpha value is -1.23. The molecule has 84 valence electrons. The van der Waals surface area contributed by atoms with Gasteiger partial charge in [0.05, 0.1) is 19.8 Å². The van der Waals surface area contributed by atoms with Crippen LogP contribution in [0.5, 0.6) is 0 Å². The SMILES string of the molecule is CCOC(=O)C(CN1CCOCC1)=[N+]=[N-]. The number of morpholine rings is 1. The molecule has 6 nitrogen and oxygen atoms in total. The van der Waals surface area contributed by atoms with Crippen LogP contribution >= 0.6 is 0 Å². The number of rotatable bonds is 4. The first-order valence-corrected chi connectivity index (χ1v) is 4.96. The van der Waals surface area contributed by atoms with E-state index >= 15 is 0 Å². The second-order valence-electron chi connectivity index (χ2n) is 3.16. The van der Waals surface area contributed by atoms with E-state index in [-0.39, 0.29) is 12.3 Å². The van der Waals surface area contributed by atoms with E-state index in [1.807, 2.05) is 4.90 Å². The average molecular weight is 213 g/mol. The zero-order chi connectivity index (χ0) is 11.1. The highest BCUT2D eigenvalue weighted by atomic mass is 16.5. The Labute approximate surface area is 88.4 Å². The summed E-state index contributed by atoms with van der Waals surface area (Å²) in [6.07, 6.45) is 0. The maximum Gasteiger partial charge on any atom is 0.418 e. The molecule has 0 unspecified atom stereocenters. The van der Waals surface area contributed by atoms with Gasteiger partial charge in [-0.1, -0.05) is 0 Å². The molecule has 0 aromatic carbocycles. The molecule has 15 heavy (non-hydrogen) atoms. The standard InChI is InChI=1S/C9H15N3O3/c1-2-15-9(13)8(11-10)7-12-3-5-14-6-4-12/h2-7H2,1H3. The van der Waals surface area contributed by atoms with E-state index < -0.39 is 5.97 Å². The van der Waals surface area contributed by atoms with Crippen molar-refractivity contribution in [3.8, 4) is 0 Å². The Balaban J connectivity index is 2.46. The van der Waals surface area contributed by atoms with E-state index in [0.717, 1.165) is 13.1 Å². The summed E-state index contributed by atoms with van der Waals surface area (Å²) in [4.78, 5) is 16.2. The number of ether oxygens (including phenoxy) is 2. The van der Waals surface area contributed by atoms with Crippen LogP contribution in [0.3, 0.4) is 0 Å². The van der Waals surface area contributed by atoms with E-state index in [4.69, 9.17) is 15.0 Å². The third-order valence-corrected chi connectivity index (χ3v) is 2.11. The van der Waals surface area contributed by atoms with E-state index in [1.54, 1.807) is 6.92 Å². The van der Waals surface area contributed by atoms with Gasteiger partial charge in [-0.3, -0.25) is 4.90 Å². The van der Waals surface area contributed by atoms with E-state index in [2.05, 4.69) is 4.79 Å². The molecule has 0 atom stereocenters. The Morgan fingerprint density at radius 3 is 2.73 bits per heavy atom. The number of hydrogen-bond acceptors (Lipinski definition) is 4. The largest absolute Gasteiger partial charge is 0.457 e. The van der Waals surface area contributed by atoms with Gasteiger partial charge in [0.1, 0.15) is 6.54 Å². The number of carbonyl (C=O) groups excluding carboxylic acids is 1. The number of carbonyl (C=O) groups is 1. The second-order valence-corrected chi connectivity index (χ2v) is 3.16. The molecule has 1 aliphatic rings. The highest BCUT2D eigenvalue weighted by molar-refractivity contribution is 6.34. The monoisotopic (exact) mass is 213 g/mol. The molecule has 0 radical (unpaired) electrons. The van der Waals surface area contributed by atoms with Gasteiger partial charge in [0.2, 0.25) is 0 Å². The molecule has 0 aliphatic carbocycles. The van der Waals surface area contributed by atoms with Crippen molar-refractivity contribution >= 4 is 11.7 Å². The summed E-state index contributed by atoms with van der Waals surface area (Å²) < 4.78 is 9.91. The molecule has 1 fully saturated rings. The number of nitrogens with zero attached hydrogens (tertiary/aromatic N) is 3. The minimum absolute atomic E-state index is 0.0405. The zero-order valence-corrected chi connectivity index (χ0v) is 8.81. The molecule has 1 heterocycles. The normalized spacial score (nSPS) is 16.9. The van der Waals surface area contributed by atoms with Gasteiger partial charge in [-0.2, -0.15) is 4.79 Å². The summed E-state index contributed by atoms with van der Waals surface area (Å²) in [6, 6.07) is 0. The summed E-state index contributed by atoms with van der Waals surface area (Å²) in [6.45, 7) is 5.04. The van der Waals surface area contributed by atoms with Crippen molar-refractivity contribution < 1.29 is 19.1 Å². The van der Waals surface area contributed by atoms with Gasteiger partial charge in [0.15, 0.2) is 0 Å². The molecule has 0 aromatic rings. The fourth-order valence-corrected chi connectivity index (χ4v) is 1.32. The number of hydrogen-bond donors (Lipinski definition) is 0. The quantitative estimate of drug-likeness (QED) is 0.274. The lowest BCUT2D eigenvalue weighted by Crippen LogP contribution is -2.42. The fourth-order valence-electron chi connectivity index (χ4n) is 1.32. The molecular formula is C9H15N3O3. The third kappa shape index (κ3) is 3.79. The molecule has 1 aliphatic heterocycles. The fraction of sp³-hybridized carbons (Fsp3) is 0.778. The van der Waals surface area contributed by atoms with Crippen LogP contribution in [0.1, 0.15) is 6.92 Å². The lowest BCUT2D eigenvalue weighted by molar-refractivity contribution is -0.140. The Morgan fingerprint density at radius 1 is 1.53 bits per heavy atom. The van der Waals surface area contributed by atoms with Gasteiger partial charge in [0.25, 0.3) is 0 Å². The number of esters is 1. The summed E-state index contributed by atoms with van der Waals surface area (Å²) in [5.41, 5.74) is 8.72. The van der Waals surface area contributed by atoms with Crippen molar-refractivity contribution in [3.05, 3.63) is 5.53 Å². The molecular weight excluding hydrogens is 198 g/mol. The minimum atomic E-state index is -0.563. The van der Waals surface area contributed by atoms with Gasteiger partial charge in [-0.05, 0) is 6.92 Å². The lowest BCUT2D eigenvalue weighted by atomic mass is 10.3. The highest BCUT2D eigenvalue weighted by Crippen LogP contribution is 1.97. The predicted molar refractivity (Wildman–Crippen MR) is 52.5 cm³/mol. The Bertz CT molecular complexity index is 268. The van der Waals surface area contributed by atoms with Gasteiger partial charge >= 0.3 is 11.7 Å². The van der Waals surface area contributed by atoms with E-state index in [0.29, 0.717) is 19.8 Å². The smallest absolute Gasteiger partial charge is 0.418 e. The molecule has 0 bridgehead atoms. The van der Waals surface area contributed by atoms with Crippen LogP contribution in [0.4, 0.5) is 0 Å². The molecule has 0 aromatic heterocycles. The van der Waals surface area contributed by atoms with Crippen LogP contribution in [-0.2, 0) is 14.3 Å². The van der Waals surface area contributed by atoms with Gasteiger partial charge in [0, 0.05) is 13.1 Å². The highest BCUT2D eigenvalue weighted by Gasteiger charge is 2.25. The maximum absolute atomic E-state index is 11.3. The second kappa shape index (κ2) is 6.29. The van der Waals surface area contributed by atoms with Crippen LogP contribution in [0.2, 0.25) is 0 Å². The minimum Gasteiger partial charge on any atom is -0.457 e. The van der Waals surface area contributed by atoms with Gasteiger partial charge in [-0.15, -0.1) is 0 Å². The van der Waals surface area contributed by atoms with Crippen LogP contribution in [0.25, 0.3) is 5.53 Å². The molecule has 0 amide bonds. The van der Waals surface area contributed by atoms with Crippen molar-refractivity contribution in [2.45, 2.75) is 6.92 Å². The molecule has 6 heteroatoms. The van der Waals surface area contributed by atoms with Gasteiger partial charge < -0.3 is 15.0 Å². The molecule has 0 spiro atoms. The van der Waals surface area contributed by atoms with E-state index in [9.17, 15) is 4.79 Å². The average Bonchev–Trinajstić information content (AvgIpc) is 2.27. The van der Waals surface area contributed by atoms with Crippen molar-refractivity contribution in [1.82, 2.24) is 4.90 Å². The van der Waals surface area contributed by atoms with Crippen molar-refractivity contribution in [3.63, 3.8) is 0 Å².